The van der Waals surface area contributed by atoms with E-state index in [1.165, 1.54) is 0 Å². The summed E-state index contributed by atoms with van der Waals surface area (Å²) in [6.07, 6.45) is 2.30. The third kappa shape index (κ3) is 3.15. The van der Waals surface area contributed by atoms with Gasteiger partial charge in [0.1, 0.15) is 12.4 Å². The van der Waals surface area contributed by atoms with Gasteiger partial charge >= 0.3 is 0 Å². The van der Waals surface area contributed by atoms with Crippen molar-refractivity contribution in [1.82, 2.24) is 4.98 Å². The van der Waals surface area contributed by atoms with E-state index in [4.69, 9.17) is 15.6 Å². The number of aliphatic hydroxyl groups is 1. The van der Waals surface area contributed by atoms with Crippen LogP contribution < -0.4 is 10.5 Å². The number of nitrogens with two attached hydrogens (primary N) is 1. The van der Waals surface area contributed by atoms with Crippen LogP contribution in [0.3, 0.4) is 0 Å². The summed E-state index contributed by atoms with van der Waals surface area (Å²) in [6.45, 7) is 0.489. The van der Waals surface area contributed by atoms with Gasteiger partial charge < -0.3 is 15.6 Å². The van der Waals surface area contributed by atoms with Crippen LogP contribution in [0.1, 0.15) is 6.42 Å². The minimum Gasteiger partial charge on any atom is -0.492 e. The standard InChI is InChI=1S/C13H16N2O2/c14-11(5-7-16)9-17-12-4-3-10-2-1-6-15-13(10)8-12/h1-4,6,8,11,16H,5,7,9,14H2. The molecule has 4 heteroatoms. The van der Waals surface area contributed by atoms with Crippen molar-refractivity contribution in [2.45, 2.75) is 12.5 Å². The average molecular weight is 232 g/mol. The van der Waals surface area contributed by atoms with Gasteiger partial charge in [-0.2, -0.15) is 0 Å². The number of benzene rings is 1. The summed E-state index contributed by atoms with van der Waals surface area (Å²) in [6, 6.07) is 9.52. The monoisotopic (exact) mass is 232 g/mol. The summed E-state index contributed by atoms with van der Waals surface area (Å²) in [4.78, 5) is 4.25. The Bertz CT molecular complexity index is 488. The first kappa shape index (κ1) is 11.8. The Hall–Kier alpha value is -1.65. The lowest BCUT2D eigenvalue weighted by atomic mass is 10.2. The Morgan fingerprint density at radius 3 is 3.06 bits per heavy atom. The number of nitrogens with zero attached hydrogens (tertiary/aromatic N) is 1. The fraction of sp³-hybridized carbons (Fsp3) is 0.308. The van der Waals surface area contributed by atoms with Gasteiger partial charge in [-0.3, -0.25) is 4.98 Å². The lowest BCUT2D eigenvalue weighted by molar-refractivity contribution is 0.233. The first-order chi connectivity index (χ1) is 8.29. The van der Waals surface area contributed by atoms with Crippen LogP contribution in [0.2, 0.25) is 0 Å². The van der Waals surface area contributed by atoms with E-state index >= 15 is 0 Å². The van der Waals surface area contributed by atoms with Crippen molar-refractivity contribution in [3.8, 4) is 5.75 Å². The molecule has 2 rings (SSSR count). The second-order valence-electron chi connectivity index (χ2n) is 3.94. The largest absolute Gasteiger partial charge is 0.492 e. The quantitative estimate of drug-likeness (QED) is 0.816. The van der Waals surface area contributed by atoms with Crippen molar-refractivity contribution in [3.05, 3.63) is 36.5 Å². The van der Waals surface area contributed by atoms with Crippen molar-refractivity contribution >= 4 is 10.9 Å². The number of rotatable bonds is 5. The van der Waals surface area contributed by atoms with Crippen molar-refractivity contribution in [2.75, 3.05) is 13.2 Å². The van der Waals surface area contributed by atoms with Crippen molar-refractivity contribution in [3.63, 3.8) is 0 Å². The van der Waals surface area contributed by atoms with Crippen molar-refractivity contribution in [2.24, 2.45) is 5.73 Å². The van der Waals surface area contributed by atoms with Crippen LogP contribution in [-0.2, 0) is 0 Å². The molecule has 0 bridgehead atoms. The maximum absolute atomic E-state index is 8.73. The molecule has 1 aromatic heterocycles. The van der Waals surface area contributed by atoms with Gasteiger partial charge in [-0.25, -0.2) is 0 Å². The van der Waals surface area contributed by atoms with Crippen LogP contribution in [0, 0.1) is 0 Å². The molecule has 0 saturated carbocycles. The molecule has 0 radical (unpaired) electrons. The summed E-state index contributed by atoms with van der Waals surface area (Å²) in [5, 5.41) is 9.81. The molecule has 0 saturated heterocycles. The predicted octanol–water partition coefficient (Wildman–Crippen LogP) is 1.32. The van der Waals surface area contributed by atoms with Crippen LogP contribution in [0.15, 0.2) is 36.5 Å². The number of fused-ring (bicyclic) bond motifs is 1. The molecule has 2 aromatic rings. The SMILES string of the molecule is NC(CCO)COc1ccc2cccnc2c1. The first-order valence-corrected chi connectivity index (χ1v) is 5.63. The lowest BCUT2D eigenvalue weighted by Crippen LogP contribution is -2.28. The predicted molar refractivity (Wildman–Crippen MR) is 66.9 cm³/mol. The summed E-state index contributed by atoms with van der Waals surface area (Å²) >= 11 is 0. The number of hydrogen-bond donors (Lipinski definition) is 2. The molecule has 1 atom stereocenters. The highest BCUT2D eigenvalue weighted by atomic mass is 16.5. The number of aromatic nitrogens is 1. The molecule has 1 aromatic carbocycles. The second kappa shape index (κ2) is 5.61. The minimum absolute atomic E-state index is 0.0871. The molecular formula is C13H16N2O2. The Balaban J connectivity index is 2.04. The Kier molecular flexibility index (Phi) is 3.90. The summed E-state index contributed by atoms with van der Waals surface area (Å²) in [5.41, 5.74) is 6.65. The van der Waals surface area contributed by atoms with Gasteiger partial charge in [0.25, 0.3) is 0 Å². The molecule has 1 unspecified atom stereocenters. The zero-order valence-electron chi connectivity index (χ0n) is 9.54. The van der Waals surface area contributed by atoms with Crippen LogP contribution in [0.25, 0.3) is 10.9 Å². The number of ether oxygens (including phenoxy) is 1. The van der Waals surface area contributed by atoms with E-state index in [2.05, 4.69) is 4.98 Å². The van der Waals surface area contributed by atoms with E-state index in [9.17, 15) is 0 Å². The molecule has 0 aliphatic heterocycles. The van der Waals surface area contributed by atoms with E-state index in [1.54, 1.807) is 6.20 Å². The second-order valence-corrected chi connectivity index (χ2v) is 3.94. The third-order valence-corrected chi connectivity index (χ3v) is 2.54. The van der Waals surface area contributed by atoms with Gasteiger partial charge in [-0.1, -0.05) is 6.07 Å². The molecule has 1 heterocycles. The van der Waals surface area contributed by atoms with E-state index in [-0.39, 0.29) is 12.6 Å². The average Bonchev–Trinajstić information content (AvgIpc) is 2.36. The molecular weight excluding hydrogens is 216 g/mol. The van der Waals surface area contributed by atoms with Gasteiger partial charge in [-0.15, -0.1) is 0 Å². The van der Waals surface area contributed by atoms with Gasteiger partial charge in [0, 0.05) is 30.3 Å². The highest BCUT2D eigenvalue weighted by Gasteiger charge is 2.03. The summed E-state index contributed by atoms with van der Waals surface area (Å²) in [7, 11) is 0. The topological polar surface area (TPSA) is 68.4 Å². The fourth-order valence-electron chi connectivity index (χ4n) is 1.59. The van der Waals surface area contributed by atoms with Crippen LogP contribution in [-0.4, -0.2) is 29.3 Å². The zero-order valence-corrected chi connectivity index (χ0v) is 9.54. The number of hydrogen-bond acceptors (Lipinski definition) is 4. The van der Waals surface area contributed by atoms with Gasteiger partial charge in [0.2, 0.25) is 0 Å². The van der Waals surface area contributed by atoms with Gasteiger partial charge in [0.05, 0.1) is 5.52 Å². The highest BCUT2D eigenvalue weighted by molar-refractivity contribution is 5.79. The molecule has 17 heavy (non-hydrogen) atoms. The fourth-order valence-corrected chi connectivity index (χ4v) is 1.59. The highest BCUT2D eigenvalue weighted by Crippen LogP contribution is 2.18. The van der Waals surface area contributed by atoms with Crippen molar-refractivity contribution < 1.29 is 9.84 Å². The van der Waals surface area contributed by atoms with Crippen molar-refractivity contribution in [1.29, 1.82) is 0 Å². The molecule has 3 N–H and O–H groups in total. The zero-order chi connectivity index (χ0) is 12.1. The molecule has 0 aliphatic rings. The van der Waals surface area contributed by atoms with E-state index in [0.717, 1.165) is 16.7 Å². The molecule has 0 amide bonds. The maximum atomic E-state index is 8.73. The van der Waals surface area contributed by atoms with Crippen LogP contribution in [0.5, 0.6) is 5.75 Å². The minimum atomic E-state index is -0.139. The van der Waals surface area contributed by atoms with Gasteiger partial charge in [-0.05, 0) is 24.6 Å². The van der Waals surface area contributed by atoms with Gasteiger partial charge in [0.15, 0.2) is 0 Å². The molecule has 4 nitrogen and oxygen atoms in total. The Labute approximate surface area is 100 Å². The lowest BCUT2D eigenvalue weighted by Gasteiger charge is -2.12. The van der Waals surface area contributed by atoms with Crippen LogP contribution >= 0.6 is 0 Å². The number of pyridine rings is 1. The molecule has 90 valence electrons. The molecule has 0 fully saturated rings. The number of aliphatic hydroxyl groups excluding tert-OH is 1. The van der Waals surface area contributed by atoms with E-state index < -0.39 is 0 Å². The normalized spacial score (nSPS) is 12.6. The summed E-state index contributed by atoms with van der Waals surface area (Å²) in [5.74, 6) is 0.754. The Morgan fingerprint density at radius 1 is 1.35 bits per heavy atom. The van der Waals surface area contributed by atoms with Crippen LogP contribution in [0.4, 0.5) is 0 Å². The first-order valence-electron chi connectivity index (χ1n) is 5.63. The van der Waals surface area contributed by atoms with E-state index in [1.807, 2.05) is 30.3 Å². The smallest absolute Gasteiger partial charge is 0.121 e. The Morgan fingerprint density at radius 2 is 2.24 bits per heavy atom. The molecule has 0 spiro atoms. The van der Waals surface area contributed by atoms with E-state index in [0.29, 0.717) is 13.0 Å². The maximum Gasteiger partial charge on any atom is 0.121 e. The molecule has 0 aliphatic carbocycles. The third-order valence-electron chi connectivity index (χ3n) is 2.54. The summed E-state index contributed by atoms with van der Waals surface area (Å²) < 4.78 is 5.55.